The second-order valence-electron chi connectivity index (χ2n) is 3.43. The second kappa shape index (κ2) is 5.38. The van der Waals surface area contributed by atoms with Crippen molar-refractivity contribution in [3.05, 3.63) is 45.4 Å². The van der Waals surface area contributed by atoms with Gasteiger partial charge in [-0.3, -0.25) is 0 Å². The molecule has 0 aliphatic rings. The molecule has 0 unspecified atom stereocenters. The zero-order valence-corrected chi connectivity index (χ0v) is 10.7. The van der Waals surface area contributed by atoms with Gasteiger partial charge in [0.1, 0.15) is 11.6 Å². The van der Waals surface area contributed by atoms with E-state index in [2.05, 4.69) is 5.32 Å². The van der Waals surface area contributed by atoms with E-state index in [1.165, 1.54) is 17.4 Å². The molecule has 0 atom stereocenters. The van der Waals surface area contributed by atoms with Gasteiger partial charge in [0.15, 0.2) is 0 Å². The van der Waals surface area contributed by atoms with Gasteiger partial charge in [-0.2, -0.15) is 0 Å². The SMILES string of the molecule is COc1ccc(F)c(NCc2cc(Cl)cs2)c1. The van der Waals surface area contributed by atoms with Gasteiger partial charge in [-0.1, -0.05) is 11.6 Å². The van der Waals surface area contributed by atoms with Crippen molar-refractivity contribution in [3.63, 3.8) is 0 Å². The number of halogens is 2. The van der Waals surface area contributed by atoms with Crippen molar-refractivity contribution in [1.82, 2.24) is 0 Å². The summed E-state index contributed by atoms with van der Waals surface area (Å²) in [6.07, 6.45) is 0. The highest BCUT2D eigenvalue weighted by Gasteiger charge is 2.04. The average molecular weight is 272 g/mol. The molecule has 2 aromatic rings. The monoisotopic (exact) mass is 271 g/mol. The summed E-state index contributed by atoms with van der Waals surface area (Å²) in [6, 6.07) is 6.45. The first-order chi connectivity index (χ1) is 8.19. The number of hydrogen-bond donors (Lipinski definition) is 1. The largest absolute Gasteiger partial charge is 0.497 e. The number of rotatable bonds is 4. The minimum Gasteiger partial charge on any atom is -0.497 e. The van der Waals surface area contributed by atoms with E-state index in [0.717, 1.165) is 4.88 Å². The van der Waals surface area contributed by atoms with Gasteiger partial charge in [0.05, 0.1) is 17.8 Å². The molecule has 1 aromatic carbocycles. The van der Waals surface area contributed by atoms with Gasteiger partial charge in [-0.05, 0) is 18.2 Å². The van der Waals surface area contributed by atoms with Gasteiger partial charge in [-0.25, -0.2) is 4.39 Å². The summed E-state index contributed by atoms with van der Waals surface area (Å²) < 4.78 is 18.5. The molecule has 5 heteroatoms. The Kier molecular flexibility index (Phi) is 3.86. The average Bonchev–Trinajstić information content (AvgIpc) is 2.74. The molecule has 90 valence electrons. The Morgan fingerprint density at radius 1 is 1.41 bits per heavy atom. The molecule has 0 saturated carbocycles. The van der Waals surface area contributed by atoms with E-state index >= 15 is 0 Å². The molecule has 0 bridgehead atoms. The minimum absolute atomic E-state index is 0.298. The molecule has 2 rings (SSSR count). The first-order valence-corrected chi connectivity index (χ1v) is 6.25. The van der Waals surface area contributed by atoms with Crippen molar-refractivity contribution in [2.75, 3.05) is 12.4 Å². The first kappa shape index (κ1) is 12.2. The molecule has 0 saturated heterocycles. The van der Waals surface area contributed by atoms with E-state index in [1.807, 2.05) is 11.4 Å². The first-order valence-electron chi connectivity index (χ1n) is 4.99. The van der Waals surface area contributed by atoms with Crippen LogP contribution in [0.2, 0.25) is 5.02 Å². The molecule has 1 aromatic heterocycles. The van der Waals surface area contributed by atoms with Crippen molar-refractivity contribution >= 4 is 28.6 Å². The van der Waals surface area contributed by atoms with Gasteiger partial charge < -0.3 is 10.1 Å². The number of nitrogens with one attached hydrogen (secondary N) is 1. The van der Waals surface area contributed by atoms with Crippen LogP contribution in [0.5, 0.6) is 5.75 Å². The predicted molar refractivity (Wildman–Crippen MR) is 69.6 cm³/mol. The standard InChI is InChI=1S/C12H11ClFNOS/c1-16-9-2-3-11(14)12(5-9)15-6-10-4-8(13)7-17-10/h2-5,7,15H,6H2,1H3. The van der Waals surface area contributed by atoms with Crippen LogP contribution in [0.1, 0.15) is 4.88 Å². The summed E-state index contributed by atoms with van der Waals surface area (Å²) >= 11 is 7.35. The van der Waals surface area contributed by atoms with Crippen molar-refractivity contribution in [1.29, 1.82) is 0 Å². The molecule has 1 heterocycles. The van der Waals surface area contributed by atoms with Crippen molar-refractivity contribution < 1.29 is 9.13 Å². The third-order valence-electron chi connectivity index (χ3n) is 2.25. The predicted octanol–water partition coefficient (Wildman–Crippen LogP) is 4.16. The molecule has 1 N–H and O–H groups in total. The van der Waals surface area contributed by atoms with Crippen LogP contribution in [0.3, 0.4) is 0 Å². The minimum atomic E-state index is -0.298. The normalized spacial score (nSPS) is 10.3. The fourth-order valence-corrected chi connectivity index (χ4v) is 2.41. The van der Waals surface area contributed by atoms with E-state index in [0.29, 0.717) is 23.0 Å². The molecule has 0 radical (unpaired) electrons. The van der Waals surface area contributed by atoms with Crippen LogP contribution in [0.25, 0.3) is 0 Å². The van der Waals surface area contributed by atoms with E-state index < -0.39 is 0 Å². The Labute approximate surface area is 108 Å². The molecular formula is C12H11ClFNOS. The lowest BCUT2D eigenvalue weighted by Gasteiger charge is -2.08. The van der Waals surface area contributed by atoms with Crippen LogP contribution in [0, 0.1) is 5.82 Å². The second-order valence-corrected chi connectivity index (χ2v) is 4.86. The lowest BCUT2D eigenvalue weighted by Crippen LogP contribution is -2.00. The van der Waals surface area contributed by atoms with Crippen LogP contribution in [0.15, 0.2) is 29.6 Å². The summed E-state index contributed by atoms with van der Waals surface area (Å²) in [6.45, 7) is 0.543. The van der Waals surface area contributed by atoms with Gasteiger partial charge in [-0.15, -0.1) is 11.3 Å². The molecule has 0 fully saturated rings. The van der Waals surface area contributed by atoms with Crippen LogP contribution in [-0.2, 0) is 6.54 Å². The third kappa shape index (κ3) is 3.11. The summed E-state index contributed by atoms with van der Waals surface area (Å²) in [7, 11) is 1.55. The van der Waals surface area contributed by atoms with Crippen LogP contribution < -0.4 is 10.1 Å². The smallest absolute Gasteiger partial charge is 0.146 e. The highest BCUT2D eigenvalue weighted by Crippen LogP contribution is 2.24. The Hall–Kier alpha value is -1.26. The fraction of sp³-hybridized carbons (Fsp3) is 0.167. The van der Waals surface area contributed by atoms with Gasteiger partial charge >= 0.3 is 0 Å². The Morgan fingerprint density at radius 2 is 2.24 bits per heavy atom. The Balaban J connectivity index is 2.07. The van der Waals surface area contributed by atoms with E-state index in [-0.39, 0.29) is 5.82 Å². The fourth-order valence-electron chi connectivity index (χ4n) is 1.40. The molecule has 0 amide bonds. The molecular weight excluding hydrogens is 261 g/mol. The molecule has 17 heavy (non-hydrogen) atoms. The number of ether oxygens (including phenoxy) is 1. The maximum Gasteiger partial charge on any atom is 0.146 e. The van der Waals surface area contributed by atoms with Gasteiger partial charge in [0, 0.05) is 22.9 Å². The van der Waals surface area contributed by atoms with Crippen molar-refractivity contribution in [2.24, 2.45) is 0 Å². The third-order valence-corrected chi connectivity index (χ3v) is 3.53. The maximum atomic E-state index is 13.5. The highest BCUT2D eigenvalue weighted by atomic mass is 35.5. The molecule has 2 nitrogen and oxygen atoms in total. The molecule has 0 spiro atoms. The van der Waals surface area contributed by atoms with E-state index in [9.17, 15) is 4.39 Å². The summed E-state index contributed by atoms with van der Waals surface area (Å²) in [5.41, 5.74) is 0.425. The quantitative estimate of drug-likeness (QED) is 0.901. The summed E-state index contributed by atoms with van der Waals surface area (Å²) in [5, 5.41) is 5.57. The van der Waals surface area contributed by atoms with Crippen LogP contribution in [-0.4, -0.2) is 7.11 Å². The van der Waals surface area contributed by atoms with E-state index in [4.69, 9.17) is 16.3 Å². The summed E-state index contributed by atoms with van der Waals surface area (Å²) in [4.78, 5) is 1.05. The number of anilines is 1. The van der Waals surface area contributed by atoms with Crippen LogP contribution in [0.4, 0.5) is 10.1 Å². The number of methoxy groups -OCH3 is 1. The topological polar surface area (TPSA) is 21.3 Å². The number of hydrogen-bond acceptors (Lipinski definition) is 3. The van der Waals surface area contributed by atoms with Crippen molar-refractivity contribution in [2.45, 2.75) is 6.54 Å². The Morgan fingerprint density at radius 3 is 2.88 bits per heavy atom. The molecule has 0 aliphatic heterocycles. The highest BCUT2D eigenvalue weighted by molar-refractivity contribution is 7.10. The van der Waals surface area contributed by atoms with Crippen molar-refractivity contribution in [3.8, 4) is 5.75 Å². The number of benzene rings is 1. The zero-order chi connectivity index (χ0) is 12.3. The molecule has 0 aliphatic carbocycles. The van der Waals surface area contributed by atoms with E-state index in [1.54, 1.807) is 19.2 Å². The van der Waals surface area contributed by atoms with Gasteiger partial charge in [0.2, 0.25) is 0 Å². The van der Waals surface area contributed by atoms with Crippen LogP contribution >= 0.6 is 22.9 Å². The maximum absolute atomic E-state index is 13.5. The van der Waals surface area contributed by atoms with Gasteiger partial charge in [0.25, 0.3) is 0 Å². The Bertz CT molecular complexity index is 515. The number of thiophene rings is 1. The lowest BCUT2D eigenvalue weighted by atomic mass is 10.3. The zero-order valence-electron chi connectivity index (χ0n) is 9.17. The lowest BCUT2D eigenvalue weighted by molar-refractivity contribution is 0.414. The summed E-state index contributed by atoms with van der Waals surface area (Å²) in [5.74, 6) is 0.326.